The Morgan fingerprint density at radius 3 is 2.59 bits per heavy atom. The van der Waals surface area contributed by atoms with Crippen LogP contribution in [0.4, 0.5) is 5.69 Å². The highest BCUT2D eigenvalue weighted by molar-refractivity contribution is 7.88. The highest BCUT2D eigenvalue weighted by Crippen LogP contribution is 2.33. The summed E-state index contributed by atoms with van der Waals surface area (Å²) in [5.74, 6) is -0.705. The molecular weight excluding hydrogens is 416 g/mol. The first kappa shape index (κ1) is 21.4. The van der Waals surface area contributed by atoms with Gasteiger partial charge in [-0.3, -0.25) is 0 Å². The van der Waals surface area contributed by atoms with E-state index in [0.29, 0.717) is 36.1 Å². The van der Waals surface area contributed by atoms with E-state index in [1.165, 1.54) is 4.31 Å². The van der Waals surface area contributed by atoms with Crippen molar-refractivity contribution in [1.82, 2.24) is 4.31 Å². The number of benzene rings is 2. The van der Waals surface area contributed by atoms with E-state index in [9.17, 15) is 13.2 Å². The lowest BCUT2D eigenvalue weighted by Gasteiger charge is -2.40. The Labute approximate surface area is 175 Å². The lowest BCUT2D eigenvalue weighted by molar-refractivity contribution is -0.139. The van der Waals surface area contributed by atoms with Crippen LogP contribution in [0.15, 0.2) is 48.5 Å². The molecule has 1 aliphatic heterocycles. The smallest absolute Gasteiger partial charge is 0.341 e. The summed E-state index contributed by atoms with van der Waals surface area (Å²) in [4.78, 5) is 12.8. The zero-order chi connectivity index (χ0) is 21.0. The predicted octanol–water partition coefficient (Wildman–Crippen LogP) is 2.84. The number of sulfonamides is 1. The summed E-state index contributed by atoms with van der Waals surface area (Å²) in [5.41, 5.74) is 1.41. The maximum atomic E-state index is 12.9. The van der Waals surface area contributed by atoms with Crippen molar-refractivity contribution in [2.75, 3.05) is 31.1 Å². The van der Waals surface area contributed by atoms with E-state index in [-0.39, 0.29) is 11.8 Å². The SMILES string of the molecule is CC1CN(c2cc(Cl)ccc2OCC(=O)O)CCN1S(=O)(=O)Cc1ccccc1. The number of ether oxygens (including phenoxy) is 1. The molecular formula is C20H23ClN2O5S. The number of piperazine rings is 1. The Kier molecular flexibility index (Phi) is 6.66. The second-order valence-electron chi connectivity index (χ2n) is 6.94. The third-order valence-corrected chi connectivity index (χ3v) is 6.92. The predicted molar refractivity (Wildman–Crippen MR) is 112 cm³/mol. The quantitative estimate of drug-likeness (QED) is 0.715. The second-order valence-corrected chi connectivity index (χ2v) is 9.30. The number of halogens is 1. The molecule has 0 amide bonds. The number of nitrogens with zero attached hydrogens (tertiary/aromatic N) is 2. The van der Waals surface area contributed by atoms with Crippen LogP contribution in [0, 0.1) is 0 Å². The molecule has 1 saturated heterocycles. The minimum atomic E-state index is -3.46. The minimum absolute atomic E-state index is 0.0394. The molecule has 0 saturated carbocycles. The van der Waals surface area contributed by atoms with Gasteiger partial charge in [0.15, 0.2) is 6.61 Å². The number of carboxylic acids is 1. The molecule has 1 N–H and O–H groups in total. The lowest BCUT2D eigenvalue weighted by atomic mass is 10.2. The van der Waals surface area contributed by atoms with Crippen molar-refractivity contribution < 1.29 is 23.1 Å². The van der Waals surface area contributed by atoms with E-state index in [4.69, 9.17) is 21.4 Å². The average Bonchev–Trinajstić information content (AvgIpc) is 2.67. The third-order valence-electron chi connectivity index (χ3n) is 4.73. The van der Waals surface area contributed by atoms with Gasteiger partial charge in [0.25, 0.3) is 0 Å². The maximum absolute atomic E-state index is 12.9. The molecule has 0 spiro atoms. The van der Waals surface area contributed by atoms with Crippen molar-refractivity contribution in [3.63, 3.8) is 0 Å². The Morgan fingerprint density at radius 2 is 1.93 bits per heavy atom. The molecule has 7 nitrogen and oxygen atoms in total. The molecule has 2 aromatic carbocycles. The largest absolute Gasteiger partial charge is 0.480 e. The first-order valence-electron chi connectivity index (χ1n) is 9.19. The topological polar surface area (TPSA) is 87.2 Å². The fourth-order valence-corrected chi connectivity index (χ4v) is 5.36. The molecule has 1 fully saturated rings. The summed E-state index contributed by atoms with van der Waals surface area (Å²) in [6.07, 6.45) is 0. The van der Waals surface area contributed by atoms with E-state index in [2.05, 4.69) is 0 Å². The minimum Gasteiger partial charge on any atom is -0.480 e. The van der Waals surface area contributed by atoms with Crippen LogP contribution in [0.5, 0.6) is 5.75 Å². The van der Waals surface area contributed by atoms with Gasteiger partial charge in [0.2, 0.25) is 10.0 Å². The Morgan fingerprint density at radius 1 is 1.21 bits per heavy atom. The van der Waals surface area contributed by atoms with Crippen LogP contribution >= 0.6 is 11.6 Å². The molecule has 1 heterocycles. The molecule has 9 heteroatoms. The molecule has 29 heavy (non-hydrogen) atoms. The first-order chi connectivity index (χ1) is 13.8. The monoisotopic (exact) mass is 438 g/mol. The molecule has 0 bridgehead atoms. The fourth-order valence-electron chi connectivity index (χ4n) is 3.44. The van der Waals surface area contributed by atoms with Crippen LogP contribution in [0.2, 0.25) is 5.02 Å². The zero-order valence-electron chi connectivity index (χ0n) is 16.0. The van der Waals surface area contributed by atoms with Gasteiger partial charge in [-0.25, -0.2) is 13.2 Å². The lowest BCUT2D eigenvalue weighted by Crippen LogP contribution is -2.54. The van der Waals surface area contributed by atoms with E-state index in [1.807, 2.05) is 30.0 Å². The number of anilines is 1. The molecule has 1 aliphatic rings. The van der Waals surface area contributed by atoms with Crippen LogP contribution in [-0.4, -0.2) is 56.1 Å². The fraction of sp³-hybridized carbons (Fsp3) is 0.350. The first-order valence-corrected chi connectivity index (χ1v) is 11.2. The average molecular weight is 439 g/mol. The summed E-state index contributed by atoms with van der Waals surface area (Å²) in [7, 11) is -3.46. The molecule has 1 atom stereocenters. The number of aliphatic carboxylic acids is 1. The Hall–Kier alpha value is -2.29. The van der Waals surface area contributed by atoms with Crippen LogP contribution in [0.1, 0.15) is 12.5 Å². The molecule has 2 aromatic rings. The van der Waals surface area contributed by atoms with Gasteiger partial charge in [-0.15, -0.1) is 0 Å². The van der Waals surface area contributed by atoms with Crippen molar-refractivity contribution in [3.05, 3.63) is 59.1 Å². The van der Waals surface area contributed by atoms with Crippen LogP contribution in [-0.2, 0) is 20.6 Å². The highest BCUT2D eigenvalue weighted by atomic mass is 35.5. The van der Waals surface area contributed by atoms with Gasteiger partial charge in [-0.2, -0.15) is 4.31 Å². The van der Waals surface area contributed by atoms with E-state index >= 15 is 0 Å². The molecule has 0 aromatic heterocycles. The van der Waals surface area contributed by atoms with Gasteiger partial charge in [0, 0.05) is 30.7 Å². The summed E-state index contributed by atoms with van der Waals surface area (Å²) in [6.45, 7) is 2.60. The molecule has 1 unspecified atom stereocenters. The summed E-state index contributed by atoms with van der Waals surface area (Å²) >= 11 is 6.12. The zero-order valence-corrected chi connectivity index (χ0v) is 17.6. The van der Waals surface area contributed by atoms with Crippen molar-refractivity contribution in [3.8, 4) is 5.75 Å². The molecule has 0 aliphatic carbocycles. The Bertz CT molecular complexity index is 968. The van der Waals surface area contributed by atoms with Crippen molar-refractivity contribution in [2.45, 2.75) is 18.7 Å². The number of carboxylic acid groups (broad SMARTS) is 1. The van der Waals surface area contributed by atoms with Gasteiger partial charge in [-0.05, 0) is 30.7 Å². The van der Waals surface area contributed by atoms with Crippen LogP contribution in [0.25, 0.3) is 0 Å². The molecule has 0 radical (unpaired) electrons. The van der Waals surface area contributed by atoms with Gasteiger partial charge < -0.3 is 14.7 Å². The number of rotatable bonds is 7. The molecule has 156 valence electrons. The number of carbonyl (C=O) groups is 1. The van der Waals surface area contributed by atoms with Gasteiger partial charge in [-0.1, -0.05) is 41.9 Å². The summed E-state index contributed by atoms with van der Waals surface area (Å²) in [6, 6.07) is 13.8. The number of hydrogen-bond donors (Lipinski definition) is 1. The highest BCUT2D eigenvalue weighted by Gasteiger charge is 2.33. The second kappa shape index (κ2) is 9.02. The summed E-state index contributed by atoms with van der Waals surface area (Å²) < 4.78 is 32.7. The van der Waals surface area contributed by atoms with Gasteiger partial charge >= 0.3 is 5.97 Å². The van der Waals surface area contributed by atoms with Crippen LogP contribution in [0.3, 0.4) is 0 Å². The standard InChI is InChI=1S/C20H23ClN2O5S/c1-15-12-22(18-11-17(21)7-8-19(18)28-13-20(24)25)9-10-23(15)29(26,27)14-16-5-3-2-4-6-16/h2-8,11,15H,9-10,12-14H2,1H3,(H,24,25). The van der Waals surface area contributed by atoms with Gasteiger partial charge in [0.1, 0.15) is 5.75 Å². The van der Waals surface area contributed by atoms with Crippen LogP contribution < -0.4 is 9.64 Å². The van der Waals surface area contributed by atoms with E-state index in [0.717, 1.165) is 5.56 Å². The van der Waals surface area contributed by atoms with Gasteiger partial charge in [0.05, 0.1) is 11.4 Å². The van der Waals surface area contributed by atoms with E-state index in [1.54, 1.807) is 30.3 Å². The normalized spacial score (nSPS) is 17.9. The molecule has 3 rings (SSSR count). The third kappa shape index (κ3) is 5.41. The summed E-state index contributed by atoms with van der Waals surface area (Å²) in [5, 5.41) is 9.37. The van der Waals surface area contributed by atoms with Crippen molar-refractivity contribution in [1.29, 1.82) is 0 Å². The Balaban J connectivity index is 1.75. The number of hydrogen-bond acceptors (Lipinski definition) is 5. The van der Waals surface area contributed by atoms with E-state index < -0.39 is 22.6 Å². The van der Waals surface area contributed by atoms with Crippen molar-refractivity contribution >= 4 is 33.3 Å². The van der Waals surface area contributed by atoms with Crippen molar-refractivity contribution in [2.24, 2.45) is 0 Å². The maximum Gasteiger partial charge on any atom is 0.341 e.